The molecule has 0 fully saturated rings. The molecule has 0 unspecified atom stereocenters. The van der Waals surface area contributed by atoms with Gasteiger partial charge in [0.2, 0.25) is 0 Å². The van der Waals surface area contributed by atoms with Gasteiger partial charge in [0.05, 0.1) is 22.4 Å². The fourth-order valence-electron chi connectivity index (χ4n) is 11.8. The average Bonchev–Trinajstić information content (AvgIpc) is 4.14. The van der Waals surface area contributed by atoms with Crippen LogP contribution in [-0.2, 0) is 32.5 Å². The van der Waals surface area contributed by atoms with Gasteiger partial charge in [0.15, 0.2) is 0 Å². The summed E-state index contributed by atoms with van der Waals surface area (Å²) in [7, 11) is 0. The van der Waals surface area contributed by atoms with Crippen molar-refractivity contribution >= 4 is 44.6 Å². The van der Waals surface area contributed by atoms with E-state index in [-0.39, 0.29) is 32.5 Å². The minimum Gasteiger partial charge on any atom is -0.457 e. The number of anilines is 4. The van der Waals surface area contributed by atoms with Crippen LogP contribution < -0.4 is 14.5 Å². The van der Waals surface area contributed by atoms with Gasteiger partial charge >= 0.3 is 0 Å². The number of rotatable bonds is 11. The Bertz CT molecular complexity index is 3850. The quantitative estimate of drug-likeness (QED) is 0.129. The van der Waals surface area contributed by atoms with E-state index in [1.807, 2.05) is 6.20 Å². The molecule has 5 nitrogen and oxygen atoms in total. The number of hydrogen-bond donors (Lipinski definition) is 0. The first-order valence-electron chi connectivity index (χ1n) is 28.7. The zero-order valence-corrected chi connectivity index (χ0v) is 50.0. The molecule has 0 saturated heterocycles. The number of fused-ring (bicyclic) bond motifs is 4. The third-order valence-electron chi connectivity index (χ3n) is 17.5. The van der Waals surface area contributed by atoms with Gasteiger partial charge in [-0.1, -0.05) is 213 Å². The Morgan fingerprint density at radius 1 is 0.338 bits per heavy atom. The van der Waals surface area contributed by atoms with Crippen molar-refractivity contribution in [3.8, 4) is 17.3 Å². The predicted molar refractivity (Wildman–Crippen MR) is 339 cm³/mol. The monoisotopic (exact) mass is 1050 g/mol. The highest BCUT2D eigenvalue weighted by molar-refractivity contribution is 6.10. The van der Waals surface area contributed by atoms with Crippen LogP contribution >= 0.6 is 0 Å². The minimum absolute atomic E-state index is 0.0143. The lowest BCUT2D eigenvalue weighted by atomic mass is 9.73. The van der Waals surface area contributed by atoms with Gasteiger partial charge < -0.3 is 14.5 Å². The Kier molecular flexibility index (Phi) is 13.3. The summed E-state index contributed by atoms with van der Waals surface area (Å²) in [5, 5.41) is 2.36. The summed E-state index contributed by atoms with van der Waals surface area (Å²) in [5.74, 6) is 2.43. The molecule has 10 aromatic rings. The van der Waals surface area contributed by atoms with Crippen LogP contribution in [0.1, 0.15) is 154 Å². The topological polar surface area (TPSA) is 33.5 Å². The second-order valence-corrected chi connectivity index (χ2v) is 27.2. The predicted octanol–water partition coefficient (Wildman–Crippen LogP) is 20.1. The standard InChI is InChI=1S/C75H80N4O/c1-70(2,3)53-31-35-65-64(44-53)63-34-33-61(48-67(63)79(65)69-46-55(37-38-76-69)72(7,8)9)80-62-43-58(75(14,15)52-29-23-18-24-30-52)42-60(47-62)77-49-78(68-45-54(71(4,5)6)32-36-66(68)77)59-40-56(73(10,11)50-25-19-16-20-26-50)39-57(41-59)74(12,13)51-27-21-17-22-28-51/h16-48H,49H2,1-15H3. The molecule has 0 aliphatic carbocycles. The summed E-state index contributed by atoms with van der Waals surface area (Å²) < 4.78 is 9.60. The van der Waals surface area contributed by atoms with Crippen molar-refractivity contribution in [3.05, 3.63) is 250 Å². The third kappa shape index (κ3) is 9.99. The average molecular weight is 1050 g/mol. The number of aromatic nitrogens is 2. The molecule has 0 atom stereocenters. The molecule has 0 spiro atoms. The number of pyridine rings is 1. The second-order valence-electron chi connectivity index (χ2n) is 27.2. The molecule has 406 valence electrons. The summed E-state index contributed by atoms with van der Waals surface area (Å²) in [5.41, 5.74) is 17.0. The largest absolute Gasteiger partial charge is 0.457 e. The fraction of sp³-hybridized carbons (Fsp3) is 0.293. The Morgan fingerprint density at radius 3 is 1.35 bits per heavy atom. The molecule has 1 aliphatic heterocycles. The van der Waals surface area contributed by atoms with Crippen molar-refractivity contribution in [2.45, 2.75) is 136 Å². The number of nitrogens with zero attached hydrogens (tertiary/aromatic N) is 4. The smallest absolute Gasteiger partial charge is 0.137 e. The van der Waals surface area contributed by atoms with Gasteiger partial charge in [-0.3, -0.25) is 4.57 Å². The molecule has 5 heteroatoms. The van der Waals surface area contributed by atoms with Gasteiger partial charge in [-0.15, -0.1) is 0 Å². The Morgan fingerprint density at radius 2 is 0.812 bits per heavy atom. The first-order valence-corrected chi connectivity index (χ1v) is 28.7. The van der Waals surface area contributed by atoms with E-state index in [0.717, 1.165) is 50.7 Å². The van der Waals surface area contributed by atoms with Crippen LogP contribution in [0.5, 0.6) is 11.5 Å². The maximum Gasteiger partial charge on any atom is 0.137 e. The van der Waals surface area contributed by atoms with Crippen molar-refractivity contribution < 1.29 is 4.74 Å². The van der Waals surface area contributed by atoms with Crippen molar-refractivity contribution in [2.24, 2.45) is 0 Å². The van der Waals surface area contributed by atoms with Crippen LogP contribution in [0.3, 0.4) is 0 Å². The first-order chi connectivity index (χ1) is 37.8. The zero-order chi connectivity index (χ0) is 56.7. The maximum atomic E-state index is 7.28. The molecule has 0 N–H and O–H groups in total. The molecular formula is C75H80N4O. The van der Waals surface area contributed by atoms with Crippen molar-refractivity contribution in [1.29, 1.82) is 0 Å². The molecule has 0 amide bonds. The Hall–Kier alpha value is -7.89. The van der Waals surface area contributed by atoms with Crippen LogP contribution in [0, 0.1) is 0 Å². The van der Waals surface area contributed by atoms with Gasteiger partial charge in [-0.2, -0.15) is 0 Å². The molecule has 8 aromatic carbocycles. The summed E-state index contributed by atoms with van der Waals surface area (Å²) >= 11 is 0. The van der Waals surface area contributed by atoms with Gasteiger partial charge in [0, 0.05) is 56.7 Å². The summed E-state index contributed by atoms with van der Waals surface area (Å²) in [6, 6.07) is 72.1. The van der Waals surface area contributed by atoms with Crippen LogP contribution in [-0.4, -0.2) is 16.2 Å². The van der Waals surface area contributed by atoms with E-state index in [9.17, 15) is 0 Å². The first kappa shape index (κ1) is 54.1. The van der Waals surface area contributed by atoms with Crippen LogP contribution in [0.25, 0.3) is 27.6 Å². The maximum absolute atomic E-state index is 7.28. The van der Waals surface area contributed by atoms with E-state index >= 15 is 0 Å². The zero-order valence-electron chi connectivity index (χ0n) is 50.0. The minimum atomic E-state index is -0.367. The normalized spacial score (nSPS) is 13.6. The van der Waals surface area contributed by atoms with E-state index < -0.39 is 0 Å². The van der Waals surface area contributed by atoms with E-state index in [1.54, 1.807) is 0 Å². The number of hydrogen-bond acceptors (Lipinski definition) is 4. The lowest BCUT2D eigenvalue weighted by Gasteiger charge is -2.33. The van der Waals surface area contributed by atoms with Gasteiger partial charge in [0.1, 0.15) is 24.0 Å². The van der Waals surface area contributed by atoms with Crippen LogP contribution in [0.15, 0.2) is 200 Å². The molecule has 1 aliphatic rings. The molecule has 3 heterocycles. The van der Waals surface area contributed by atoms with Crippen LogP contribution in [0.4, 0.5) is 22.7 Å². The Balaban J connectivity index is 1.08. The highest BCUT2D eigenvalue weighted by Gasteiger charge is 2.36. The summed E-state index contributed by atoms with van der Waals surface area (Å²) in [6.45, 7) is 35.3. The lowest BCUT2D eigenvalue weighted by Crippen LogP contribution is -2.27. The van der Waals surface area contributed by atoms with Gasteiger partial charge in [-0.05, 0) is 139 Å². The fourth-order valence-corrected chi connectivity index (χ4v) is 11.8. The summed E-state index contributed by atoms with van der Waals surface area (Å²) in [6.07, 6.45) is 1.95. The van der Waals surface area contributed by atoms with Crippen molar-refractivity contribution in [2.75, 3.05) is 16.5 Å². The number of ether oxygens (including phenoxy) is 1. The highest BCUT2D eigenvalue weighted by Crippen LogP contribution is 2.50. The van der Waals surface area contributed by atoms with Crippen LogP contribution in [0.2, 0.25) is 0 Å². The highest BCUT2D eigenvalue weighted by atomic mass is 16.5. The van der Waals surface area contributed by atoms with E-state index in [0.29, 0.717) is 6.67 Å². The van der Waals surface area contributed by atoms with E-state index in [4.69, 9.17) is 9.72 Å². The molecule has 0 radical (unpaired) electrons. The lowest BCUT2D eigenvalue weighted by molar-refractivity contribution is 0.480. The summed E-state index contributed by atoms with van der Waals surface area (Å²) in [4.78, 5) is 10.1. The van der Waals surface area contributed by atoms with Gasteiger partial charge in [-0.25, -0.2) is 4.98 Å². The number of benzene rings is 8. The van der Waals surface area contributed by atoms with E-state index in [1.165, 1.54) is 61.3 Å². The molecule has 2 aromatic heterocycles. The molecule has 80 heavy (non-hydrogen) atoms. The Labute approximate surface area is 476 Å². The van der Waals surface area contributed by atoms with E-state index in [2.05, 4.69) is 312 Å². The van der Waals surface area contributed by atoms with Gasteiger partial charge in [0.25, 0.3) is 0 Å². The molecule has 11 rings (SSSR count). The molecule has 0 saturated carbocycles. The van der Waals surface area contributed by atoms with Crippen molar-refractivity contribution in [3.63, 3.8) is 0 Å². The molecular weight excluding hydrogens is 973 g/mol. The van der Waals surface area contributed by atoms with Crippen molar-refractivity contribution in [1.82, 2.24) is 9.55 Å². The SMILES string of the molecule is CC(C)(C)c1ccnc(-n2c3ccc(C(C)(C)C)cc3c3ccc(Oc4cc(N5CN(c6cc(C(C)(C)c7ccccc7)cc(C(C)(C)c7ccccc7)c6)c6cc(C(C)(C)C)ccc65)cc(C(C)(C)c5ccccc5)c4)cc32)c1. The second kappa shape index (κ2) is 19.7. The molecule has 0 bridgehead atoms. The third-order valence-corrected chi connectivity index (χ3v) is 17.5.